The van der Waals surface area contributed by atoms with Gasteiger partial charge in [-0.25, -0.2) is 4.98 Å². The van der Waals surface area contributed by atoms with Crippen molar-refractivity contribution in [1.29, 1.82) is 0 Å². The Hall–Kier alpha value is -1.85. The first kappa shape index (κ1) is 15.1. The van der Waals surface area contributed by atoms with Crippen molar-refractivity contribution in [2.24, 2.45) is 0 Å². The molecule has 3 aromatic rings. The highest BCUT2D eigenvalue weighted by molar-refractivity contribution is 6.76. The highest BCUT2D eigenvalue weighted by atomic mass is 28.3. The zero-order valence-electron chi connectivity index (χ0n) is 13.5. The molecular weight excluding hydrogens is 290 g/mol. The lowest BCUT2D eigenvalue weighted by Gasteiger charge is -2.15. The van der Waals surface area contributed by atoms with Crippen LogP contribution in [-0.4, -0.2) is 29.2 Å². The summed E-state index contributed by atoms with van der Waals surface area (Å²) in [4.78, 5) is 7.63. The summed E-state index contributed by atoms with van der Waals surface area (Å²) in [5, 5.41) is 1.16. The van der Waals surface area contributed by atoms with Crippen molar-refractivity contribution in [3.8, 4) is 11.1 Å². The average Bonchev–Trinajstić information content (AvgIpc) is 3.12. The van der Waals surface area contributed by atoms with E-state index in [1.807, 2.05) is 18.6 Å². The first-order chi connectivity index (χ1) is 10.5. The lowest BCUT2D eigenvalue weighted by Crippen LogP contribution is -2.22. The second-order valence-corrected chi connectivity index (χ2v) is 12.5. The molecule has 116 valence electrons. The topological polar surface area (TPSA) is 42.8 Å². The summed E-state index contributed by atoms with van der Waals surface area (Å²) in [6.45, 7) is 8.49. The quantitative estimate of drug-likeness (QED) is 0.543. The number of H-pyrrole nitrogens is 1. The van der Waals surface area contributed by atoms with Gasteiger partial charge in [0, 0.05) is 44.9 Å². The van der Waals surface area contributed by atoms with Gasteiger partial charge in [0.25, 0.3) is 0 Å². The Balaban J connectivity index is 1.77. The average molecular weight is 313 g/mol. The zero-order valence-corrected chi connectivity index (χ0v) is 14.5. The van der Waals surface area contributed by atoms with Crippen LogP contribution in [0, 0.1) is 0 Å². The number of aromatic amines is 1. The molecule has 0 saturated heterocycles. The summed E-state index contributed by atoms with van der Waals surface area (Å²) < 4.78 is 7.92. The fraction of sp³-hybridized carbons (Fsp3) is 0.353. The van der Waals surface area contributed by atoms with E-state index >= 15 is 0 Å². The molecule has 3 rings (SSSR count). The molecule has 0 fully saturated rings. The minimum absolute atomic E-state index is 0.567. The predicted octanol–water partition coefficient (Wildman–Crippen LogP) is 4.34. The van der Waals surface area contributed by atoms with Gasteiger partial charge in [0.05, 0.1) is 0 Å². The van der Waals surface area contributed by atoms with E-state index in [0.29, 0.717) is 6.73 Å². The van der Waals surface area contributed by atoms with Crippen molar-refractivity contribution >= 4 is 19.1 Å². The predicted molar refractivity (Wildman–Crippen MR) is 93.6 cm³/mol. The minimum atomic E-state index is -1.03. The summed E-state index contributed by atoms with van der Waals surface area (Å²) in [5.41, 5.74) is 3.36. The van der Waals surface area contributed by atoms with Gasteiger partial charge < -0.3 is 14.3 Å². The Morgan fingerprint density at radius 3 is 2.82 bits per heavy atom. The number of aromatic nitrogens is 3. The molecule has 0 aromatic carbocycles. The summed E-state index contributed by atoms with van der Waals surface area (Å²) in [7, 11) is -1.03. The zero-order chi connectivity index (χ0) is 15.6. The maximum absolute atomic E-state index is 5.84. The Morgan fingerprint density at radius 1 is 1.23 bits per heavy atom. The standard InChI is InChI=1S/C17H23N3OSi/c1-22(2,3)11-10-21-13-20-9-6-16-15(5-8-19-17(16)20)14-4-7-18-12-14/h4-9,12,18H,10-11,13H2,1-3H3. The molecule has 0 aliphatic heterocycles. The van der Waals surface area contributed by atoms with Crippen LogP contribution in [0.25, 0.3) is 22.2 Å². The maximum Gasteiger partial charge on any atom is 0.142 e. The van der Waals surface area contributed by atoms with E-state index in [2.05, 4.69) is 58.6 Å². The first-order valence-corrected chi connectivity index (χ1v) is 11.4. The smallest absolute Gasteiger partial charge is 0.142 e. The molecule has 0 aliphatic rings. The van der Waals surface area contributed by atoms with Crippen molar-refractivity contribution in [1.82, 2.24) is 14.5 Å². The van der Waals surface area contributed by atoms with Crippen molar-refractivity contribution < 1.29 is 4.74 Å². The van der Waals surface area contributed by atoms with Gasteiger partial charge in [-0.1, -0.05) is 19.6 Å². The fourth-order valence-electron chi connectivity index (χ4n) is 2.48. The van der Waals surface area contributed by atoms with Crippen molar-refractivity contribution in [2.45, 2.75) is 32.4 Å². The minimum Gasteiger partial charge on any atom is -0.367 e. The highest BCUT2D eigenvalue weighted by Crippen LogP contribution is 2.27. The molecule has 22 heavy (non-hydrogen) atoms. The third kappa shape index (κ3) is 3.31. The fourth-order valence-corrected chi connectivity index (χ4v) is 3.24. The third-order valence-electron chi connectivity index (χ3n) is 3.80. The van der Waals surface area contributed by atoms with Crippen LogP contribution < -0.4 is 0 Å². The lowest BCUT2D eigenvalue weighted by atomic mass is 10.1. The molecule has 0 bridgehead atoms. The molecule has 0 radical (unpaired) electrons. The van der Waals surface area contributed by atoms with E-state index < -0.39 is 8.07 Å². The monoisotopic (exact) mass is 313 g/mol. The van der Waals surface area contributed by atoms with Crippen LogP contribution in [0.3, 0.4) is 0 Å². The van der Waals surface area contributed by atoms with Crippen LogP contribution in [0.4, 0.5) is 0 Å². The number of hydrogen-bond donors (Lipinski definition) is 1. The van der Waals surface area contributed by atoms with Crippen molar-refractivity contribution in [3.05, 3.63) is 43.0 Å². The number of hydrogen-bond acceptors (Lipinski definition) is 2. The van der Waals surface area contributed by atoms with E-state index in [9.17, 15) is 0 Å². The van der Waals surface area contributed by atoms with Crippen molar-refractivity contribution in [2.75, 3.05) is 6.61 Å². The Kier molecular flexibility index (Phi) is 4.18. The van der Waals surface area contributed by atoms with Gasteiger partial charge >= 0.3 is 0 Å². The van der Waals surface area contributed by atoms with Crippen LogP contribution in [0.1, 0.15) is 0 Å². The molecule has 3 heterocycles. The first-order valence-electron chi connectivity index (χ1n) is 7.69. The molecule has 0 atom stereocenters. The van der Waals surface area contributed by atoms with Gasteiger partial charge in [-0.05, 0) is 35.4 Å². The normalized spacial score (nSPS) is 12.1. The number of fused-ring (bicyclic) bond motifs is 1. The second kappa shape index (κ2) is 6.10. The molecule has 1 N–H and O–H groups in total. The van der Waals surface area contributed by atoms with Gasteiger partial charge in [-0.3, -0.25) is 0 Å². The van der Waals surface area contributed by atoms with Crippen LogP contribution in [0.5, 0.6) is 0 Å². The number of nitrogens with one attached hydrogen (secondary N) is 1. The largest absolute Gasteiger partial charge is 0.367 e. The number of rotatable bonds is 6. The molecule has 0 amide bonds. The Labute approximate surface area is 132 Å². The number of nitrogens with zero attached hydrogens (tertiary/aromatic N) is 2. The number of ether oxygens (including phenoxy) is 1. The van der Waals surface area contributed by atoms with Gasteiger partial charge in [0.2, 0.25) is 0 Å². The van der Waals surface area contributed by atoms with E-state index in [4.69, 9.17) is 4.74 Å². The molecule has 0 aliphatic carbocycles. The molecule has 0 spiro atoms. The summed E-state index contributed by atoms with van der Waals surface area (Å²) >= 11 is 0. The molecule has 0 saturated carbocycles. The third-order valence-corrected chi connectivity index (χ3v) is 5.50. The molecule has 0 unspecified atom stereocenters. The maximum atomic E-state index is 5.84. The van der Waals surface area contributed by atoms with Gasteiger partial charge in [-0.2, -0.15) is 0 Å². The van der Waals surface area contributed by atoms with Gasteiger partial charge in [-0.15, -0.1) is 0 Å². The summed E-state index contributed by atoms with van der Waals surface area (Å²) in [6.07, 6.45) is 7.88. The van der Waals surface area contributed by atoms with Gasteiger partial charge in [0.1, 0.15) is 12.4 Å². The van der Waals surface area contributed by atoms with E-state index in [1.54, 1.807) is 0 Å². The number of pyridine rings is 1. The SMILES string of the molecule is C[Si](C)(C)CCOCn1ccc2c(-c3cc[nH]c3)ccnc21. The van der Waals surface area contributed by atoms with Gasteiger partial charge in [0.15, 0.2) is 0 Å². The van der Waals surface area contributed by atoms with Crippen LogP contribution in [0.2, 0.25) is 25.7 Å². The van der Waals surface area contributed by atoms with Crippen LogP contribution >= 0.6 is 0 Å². The highest BCUT2D eigenvalue weighted by Gasteiger charge is 2.13. The Morgan fingerprint density at radius 2 is 2.09 bits per heavy atom. The second-order valence-electron chi connectivity index (χ2n) is 6.83. The van der Waals surface area contributed by atoms with Crippen LogP contribution in [-0.2, 0) is 11.5 Å². The lowest BCUT2D eigenvalue weighted by molar-refractivity contribution is 0.0899. The summed E-state index contributed by atoms with van der Waals surface area (Å²) in [6, 6.07) is 7.44. The summed E-state index contributed by atoms with van der Waals surface area (Å²) in [5.74, 6) is 0. The Bertz CT molecular complexity index is 741. The van der Waals surface area contributed by atoms with E-state index in [-0.39, 0.29) is 0 Å². The van der Waals surface area contributed by atoms with Crippen LogP contribution in [0.15, 0.2) is 43.0 Å². The molecule has 3 aromatic heterocycles. The molecule has 4 nitrogen and oxygen atoms in total. The van der Waals surface area contributed by atoms with Crippen molar-refractivity contribution in [3.63, 3.8) is 0 Å². The molecular formula is C17H23N3OSi. The van der Waals surface area contributed by atoms with E-state index in [1.165, 1.54) is 17.2 Å². The molecule has 5 heteroatoms. The van der Waals surface area contributed by atoms with E-state index in [0.717, 1.165) is 17.6 Å².